The highest BCUT2D eigenvalue weighted by molar-refractivity contribution is 5.84. The minimum Gasteiger partial charge on any atom is -0.394 e. The third kappa shape index (κ3) is 2.83. The van der Waals surface area contributed by atoms with Crippen molar-refractivity contribution in [3.63, 3.8) is 0 Å². The highest BCUT2D eigenvalue weighted by Gasteiger charge is 2.02. The van der Waals surface area contributed by atoms with Crippen molar-refractivity contribution in [2.75, 3.05) is 18.5 Å². The number of aromatic amines is 1. The smallest absolute Gasteiger partial charge is 0.248 e. The molecule has 2 rings (SSSR count). The van der Waals surface area contributed by atoms with E-state index in [4.69, 9.17) is 5.11 Å². The molecule has 0 bridgehead atoms. The van der Waals surface area contributed by atoms with Crippen molar-refractivity contribution in [3.8, 4) is 0 Å². The van der Waals surface area contributed by atoms with Crippen molar-refractivity contribution < 1.29 is 10.2 Å². The lowest BCUT2D eigenvalue weighted by Crippen LogP contribution is -2.22. The summed E-state index contributed by atoms with van der Waals surface area (Å²) < 4.78 is 0. The normalized spacial score (nSPS) is 12.6. The molecule has 0 aliphatic heterocycles. The van der Waals surface area contributed by atoms with Crippen molar-refractivity contribution in [2.45, 2.75) is 6.10 Å². The first-order valence-electron chi connectivity index (χ1n) is 5.34. The molecule has 1 unspecified atom stereocenters. The number of H-pyrrole nitrogens is 1. The van der Waals surface area contributed by atoms with Crippen molar-refractivity contribution in [2.24, 2.45) is 0 Å². The van der Waals surface area contributed by atoms with Gasteiger partial charge in [-0.2, -0.15) is 0 Å². The van der Waals surface area contributed by atoms with E-state index < -0.39 is 6.10 Å². The zero-order valence-electron chi connectivity index (χ0n) is 9.18. The number of benzene rings is 1. The number of aliphatic hydroxyl groups excluding tert-OH is 2. The van der Waals surface area contributed by atoms with E-state index in [1.165, 1.54) is 6.07 Å². The van der Waals surface area contributed by atoms with Gasteiger partial charge in [-0.3, -0.25) is 4.79 Å². The number of hydrogen-bond acceptors (Lipinski definition) is 4. The SMILES string of the molecule is O=c1cc2cc(NCC(O)CO)ccc2c[nH]1. The summed E-state index contributed by atoms with van der Waals surface area (Å²) in [5, 5.41) is 22.7. The molecule has 4 N–H and O–H groups in total. The summed E-state index contributed by atoms with van der Waals surface area (Å²) in [5.74, 6) is 0. The van der Waals surface area contributed by atoms with Crippen LogP contribution in [0.4, 0.5) is 5.69 Å². The molecule has 2 aromatic rings. The Morgan fingerprint density at radius 3 is 2.88 bits per heavy atom. The van der Waals surface area contributed by atoms with Crippen molar-refractivity contribution in [3.05, 3.63) is 40.8 Å². The van der Waals surface area contributed by atoms with E-state index in [0.29, 0.717) is 0 Å². The van der Waals surface area contributed by atoms with Gasteiger partial charge in [0.15, 0.2) is 0 Å². The van der Waals surface area contributed by atoms with Crippen molar-refractivity contribution in [1.29, 1.82) is 0 Å². The van der Waals surface area contributed by atoms with E-state index in [1.54, 1.807) is 6.20 Å². The van der Waals surface area contributed by atoms with Crippen LogP contribution in [0.5, 0.6) is 0 Å². The van der Waals surface area contributed by atoms with E-state index in [2.05, 4.69) is 10.3 Å². The average Bonchev–Trinajstić information content (AvgIpc) is 2.35. The standard InChI is InChI=1S/C12H14N2O3/c15-7-11(16)6-13-10-2-1-8-5-14-12(17)4-9(8)3-10/h1-5,11,13,15-16H,6-7H2,(H,14,17). The predicted molar refractivity (Wildman–Crippen MR) is 66.2 cm³/mol. The zero-order valence-corrected chi connectivity index (χ0v) is 9.18. The number of aromatic nitrogens is 1. The van der Waals surface area contributed by atoms with Gasteiger partial charge >= 0.3 is 0 Å². The number of fused-ring (bicyclic) bond motifs is 1. The Hall–Kier alpha value is -1.85. The van der Waals surface area contributed by atoms with E-state index in [-0.39, 0.29) is 18.7 Å². The van der Waals surface area contributed by atoms with Gasteiger partial charge < -0.3 is 20.5 Å². The number of aliphatic hydroxyl groups is 2. The van der Waals surface area contributed by atoms with Crippen LogP contribution in [0.25, 0.3) is 10.8 Å². The lowest BCUT2D eigenvalue weighted by molar-refractivity contribution is 0.105. The maximum atomic E-state index is 11.2. The van der Waals surface area contributed by atoms with Gasteiger partial charge in [0, 0.05) is 24.5 Å². The van der Waals surface area contributed by atoms with Crippen LogP contribution in [0, 0.1) is 0 Å². The molecule has 0 aliphatic rings. The molecule has 0 fully saturated rings. The maximum absolute atomic E-state index is 11.2. The first-order chi connectivity index (χ1) is 8.19. The Morgan fingerprint density at radius 1 is 1.29 bits per heavy atom. The van der Waals surface area contributed by atoms with Gasteiger partial charge in [0.2, 0.25) is 5.56 Å². The van der Waals surface area contributed by atoms with Crippen LogP contribution < -0.4 is 10.9 Å². The van der Waals surface area contributed by atoms with Crippen LogP contribution in [-0.4, -0.2) is 34.5 Å². The number of hydrogen-bond donors (Lipinski definition) is 4. The van der Waals surface area contributed by atoms with Gasteiger partial charge in [0.05, 0.1) is 12.7 Å². The zero-order chi connectivity index (χ0) is 12.3. The fraction of sp³-hybridized carbons (Fsp3) is 0.250. The monoisotopic (exact) mass is 234 g/mol. The van der Waals surface area contributed by atoms with Crippen molar-refractivity contribution >= 4 is 16.5 Å². The first kappa shape index (κ1) is 11.6. The minimum absolute atomic E-state index is 0.148. The molecule has 0 aliphatic carbocycles. The van der Waals surface area contributed by atoms with Gasteiger partial charge in [0.1, 0.15) is 0 Å². The molecule has 1 atom stereocenters. The summed E-state index contributed by atoms with van der Waals surface area (Å²) in [7, 11) is 0. The maximum Gasteiger partial charge on any atom is 0.248 e. The van der Waals surface area contributed by atoms with Crippen molar-refractivity contribution in [1.82, 2.24) is 4.98 Å². The van der Waals surface area contributed by atoms with Gasteiger partial charge in [-0.15, -0.1) is 0 Å². The summed E-state index contributed by atoms with van der Waals surface area (Å²) in [4.78, 5) is 13.8. The Kier molecular flexibility index (Phi) is 3.41. The molecule has 0 amide bonds. The van der Waals surface area contributed by atoms with Gasteiger partial charge in [0.25, 0.3) is 0 Å². The number of nitrogens with one attached hydrogen (secondary N) is 2. The molecule has 0 saturated heterocycles. The van der Waals surface area contributed by atoms with Crippen LogP contribution >= 0.6 is 0 Å². The molecule has 0 saturated carbocycles. The van der Waals surface area contributed by atoms with Gasteiger partial charge in [-0.1, -0.05) is 6.07 Å². The minimum atomic E-state index is -0.787. The number of anilines is 1. The van der Waals surface area contributed by atoms with E-state index in [9.17, 15) is 9.90 Å². The molecular formula is C12H14N2O3. The lowest BCUT2D eigenvalue weighted by atomic mass is 10.1. The molecule has 90 valence electrons. The number of pyridine rings is 1. The van der Waals surface area contributed by atoms with Gasteiger partial charge in [-0.25, -0.2) is 0 Å². The Bertz CT molecular complexity index is 565. The lowest BCUT2D eigenvalue weighted by Gasteiger charge is -2.10. The second-order valence-corrected chi connectivity index (χ2v) is 3.86. The molecule has 5 nitrogen and oxygen atoms in total. The Balaban J connectivity index is 2.22. The third-order valence-electron chi connectivity index (χ3n) is 2.50. The van der Waals surface area contributed by atoms with Crippen LogP contribution in [0.1, 0.15) is 0 Å². The summed E-state index contributed by atoms with van der Waals surface area (Å²) >= 11 is 0. The topological polar surface area (TPSA) is 85.3 Å². The molecular weight excluding hydrogens is 220 g/mol. The third-order valence-corrected chi connectivity index (χ3v) is 2.50. The van der Waals surface area contributed by atoms with Gasteiger partial charge in [-0.05, 0) is 22.9 Å². The summed E-state index contributed by atoms with van der Waals surface area (Å²) in [6.07, 6.45) is 0.870. The first-order valence-corrected chi connectivity index (χ1v) is 5.34. The summed E-state index contributed by atoms with van der Waals surface area (Å²) in [5.41, 5.74) is 0.653. The summed E-state index contributed by atoms with van der Waals surface area (Å²) in [6.45, 7) is -0.00849. The van der Waals surface area contributed by atoms with E-state index >= 15 is 0 Å². The summed E-state index contributed by atoms with van der Waals surface area (Å²) in [6, 6.07) is 7.07. The predicted octanol–water partition coefficient (Wildman–Crippen LogP) is 0.293. The van der Waals surface area contributed by atoms with Crippen LogP contribution in [0.3, 0.4) is 0 Å². The number of rotatable bonds is 4. The molecule has 0 spiro atoms. The highest BCUT2D eigenvalue weighted by Crippen LogP contribution is 2.16. The largest absolute Gasteiger partial charge is 0.394 e. The van der Waals surface area contributed by atoms with E-state index in [0.717, 1.165) is 16.5 Å². The second-order valence-electron chi connectivity index (χ2n) is 3.86. The second kappa shape index (κ2) is 4.99. The van der Waals surface area contributed by atoms with Crippen LogP contribution in [0.15, 0.2) is 35.3 Å². The molecule has 5 heteroatoms. The highest BCUT2D eigenvalue weighted by atomic mass is 16.3. The van der Waals surface area contributed by atoms with Crippen LogP contribution in [0.2, 0.25) is 0 Å². The van der Waals surface area contributed by atoms with E-state index in [1.807, 2.05) is 18.2 Å². The fourth-order valence-corrected chi connectivity index (χ4v) is 1.57. The molecule has 1 heterocycles. The molecule has 17 heavy (non-hydrogen) atoms. The quantitative estimate of drug-likeness (QED) is 0.612. The average molecular weight is 234 g/mol. The van der Waals surface area contributed by atoms with Crippen LogP contribution in [-0.2, 0) is 0 Å². The molecule has 0 radical (unpaired) electrons. The Morgan fingerprint density at radius 2 is 2.12 bits per heavy atom. The molecule has 1 aromatic carbocycles. The fourth-order valence-electron chi connectivity index (χ4n) is 1.57. The molecule has 1 aromatic heterocycles. The Labute approximate surface area is 97.7 Å².